The van der Waals surface area contributed by atoms with Gasteiger partial charge >= 0.3 is 0 Å². The molecule has 1 atom stereocenters. The first-order valence-electron chi connectivity index (χ1n) is 6.06. The first-order valence-corrected chi connectivity index (χ1v) is 8.93. The number of sulfone groups is 1. The average Bonchev–Trinajstić information content (AvgIpc) is 2.47. The van der Waals surface area contributed by atoms with Gasteiger partial charge in [0, 0.05) is 41.8 Å². The van der Waals surface area contributed by atoms with Crippen molar-refractivity contribution in [2.24, 2.45) is 0 Å². The van der Waals surface area contributed by atoms with E-state index in [2.05, 4.69) is 9.97 Å². The second-order valence-corrected chi connectivity index (χ2v) is 7.82. The molecular formula is C11H17N3O3S2. The molecule has 0 amide bonds. The van der Waals surface area contributed by atoms with Gasteiger partial charge in [0.2, 0.25) is 5.95 Å². The van der Waals surface area contributed by atoms with Crippen LogP contribution in [0.5, 0.6) is 0 Å². The number of thioether (sulfide) groups is 1. The molecular weight excluding hydrogens is 286 g/mol. The quantitative estimate of drug-likeness (QED) is 0.855. The molecule has 1 aliphatic rings. The van der Waals surface area contributed by atoms with Gasteiger partial charge in [-0.05, 0) is 0 Å². The minimum Gasteiger partial charge on any atom is -0.392 e. The van der Waals surface area contributed by atoms with Crippen LogP contribution in [0.1, 0.15) is 12.5 Å². The van der Waals surface area contributed by atoms with Crippen LogP contribution in [0.4, 0.5) is 5.95 Å². The molecule has 0 radical (unpaired) electrons. The summed E-state index contributed by atoms with van der Waals surface area (Å²) in [5, 5.41) is 8.41. The Labute approximate surface area is 117 Å². The molecule has 1 saturated heterocycles. The zero-order valence-corrected chi connectivity index (χ0v) is 12.3. The molecule has 2 heterocycles. The van der Waals surface area contributed by atoms with E-state index < -0.39 is 15.2 Å². The molecule has 0 spiro atoms. The number of aliphatic hydroxyl groups is 1. The van der Waals surface area contributed by atoms with Gasteiger partial charge in [-0.2, -0.15) is 11.8 Å². The van der Waals surface area contributed by atoms with Crippen molar-refractivity contribution in [2.45, 2.75) is 18.9 Å². The first kappa shape index (κ1) is 14.5. The summed E-state index contributed by atoms with van der Waals surface area (Å²) in [6, 6.07) is 0. The molecule has 19 heavy (non-hydrogen) atoms. The van der Waals surface area contributed by atoms with Crippen LogP contribution in [0.15, 0.2) is 12.4 Å². The molecule has 0 aliphatic carbocycles. The fourth-order valence-electron chi connectivity index (χ4n) is 1.88. The van der Waals surface area contributed by atoms with Gasteiger partial charge < -0.3 is 10.0 Å². The van der Waals surface area contributed by atoms with Crippen LogP contribution >= 0.6 is 11.8 Å². The van der Waals surface area contributed by atoms with Crippen molar-refractivity contribution in [3.8, 4) is 0 Å². The van der Waals surface area contributed by atoms with Crippen LogP contribution in [0, 0.1) is 0 Å². The number of anilines is 1. The van der Waals surface area contributed by atoms with Crippen molar-refractivity contribution in [1.82, 2.24) is 9.97 Å². The highest BCUT2D eigenvalue weighted by Gasteiger charge is 2.34. The van der Waals surface area contributed by atoms with Crippen LogP contribution < -0.4 is 4.90 Å². The molecule has 8 heteroatoms. The third-order valence-electron chi connectivity index (χ3n) is 3.03. The highest BCUT2D eigenvalue weighted by Crippen LogP contribution is 2.24. The van der Waals surface area contributed by atoms with E-state index in [-0.39, 0.29) is 12.4 Å². The normalized spacial score (nSPS) is 20.5. The second-order valence-electron chi connectivity index (χ2n) is 4.22. The van der Waals surface area contributed by atoms with E-state index in [1.807, 2.05) is 0 Å². The monoisotopic (exact) mass is 303 g/mol. The fraction of sp³-hybridized carbons (Fsp3) is 0.636. The standard InChI is InChI=1S/C11H17N3O3S2/c1-2-19(16,17)10-8-18-4-3-14(10)11-12-5-9(7-15)6-13-11/h5-6,10,15H,2-4,7-8H2,1H3. The predicted octanol–water partition coefficient (Wildman–Crippen LogP) is 0.283. The Balaban J connectivity index is 2.28. The lowest BCUT2D eigenvalue weighted by Crippen LogP contribution is -2.48. The fourth-order valence-corrected chi connectivity index (χ4v) is 4.84. The van der Waals surface area contributed by atoms with E-state index in [1.54, 1.807) is 23.6 Å². The Hall–Kier alpha value is -0.860. The zero-order valence-electron chi connectivity index (χ0n) is 10.7. The lowest BCUT2D eigenvalue weighted by Gasteiger charge is -2.34. The maximum Gasteiger partial charge on any atom is 0.226 e. The zero-order chi connectivity index (χ0) is 13.9. The van der Waals surface area contributed by atoms with E-state index in [1.165, 1.54) is 12.4 Å². The Kier molecular flexibility index (Phi) is 4.64. The van der Waals surface area contributed by atoms with Gasteiger partial charge in [-0.25, -0.2) is 18.4 Å². The Bertz CT molecular complexity index is 518. The summed E-state index contributed by atoms with van der Waals surface area (Å²) >= 11 is 1.63. The molecule has 1 aromatic rings. The first-order chi connectivity index (χ1) is 9.08. The summed E-state index contributed by atoms with van der Waals surface area (Å²) < 4.78 is 24.2. The summed E-state index contributed by atoms with van der Waals surface area (Å²) in [7, 11) is -3.16. The van der Waals surface area contributed by atoms with Gasteiger partial charge in [0.1, 0.15) is 5.37 Å². The predicted molar refractivity (Wildman–Crippen MR) is 75.9 cm³/mol. The average molecular weight is 303 g/mol. The number of aromatic nitrogens is 2. The van der Waals surface area contributed by atoms with Gasteiger partial charge in [0.05, 0.1) is 6.61 Å². The molecule has 0 saturated carbocycles. The van der Waals surface area contributed by atoms with E-state index in [9.17, 15) is 8.42 Å². The van der Waals surface area contributed by atoms with Crippen molar-refractivity contribution in [3.05, 3.63) is 18.0 Å². The van der Waals surface area contributed by atoms with E-state index >= 15 is 0 Å². The lowest BCUT2D eigenvalue weighted by atomic mass is 10.4. The largest absolute Gasteiger partial charge is 0.392 e. The van der Waals surface area contributed by atoms with Gasteiger partial charge in [0.25, 0.3) is 0 Å². The third kappa shape index (κ3) is 3.18. The molecule has 1 aliphatic heterocycles. The highest BCUT2D eigenvalue weighted by molar-refractivity contribution is 8.01. The number of hydrogen-bond donors (Lipinski definition) is 1. The van der Waals surface area contributed by atoms with Gasteiger partial charge in [-0.15, -0.1) is 0 Å². The summed E-state index contributed by atoms with van der Waals surface area (Å²) in [4.78, 5) is 10.1. The van der Waals surface area contributed by atoms with Gasteiger partial charge in [-0.3, -0.25) is 0 Å². The van der Waals surface area contributed by atoms with Crippen LogP contribution in [0.2, 0.25) is 0 Å². The molecule has 1 aromatic heterocycles. The number of hydrogen-bond acceptors (Lipinski definition) is 7. The highest BCUT2D eigenvalue weighted by atomic mass is 32.2. The molecule has 1 unspecified atom stereocenters. The lowest BCUT2D eigenvalue weighted by molar-refractivity contribution is 0.281. The van der Waals surface area contributed by atoms with Gasteiger partial charge in [0.15, 0.2) is 9.84 Å². The van der Waals surface area contributed by atoms with Crippen molar-refractivity contribution in [2.75, 3.05) is 28.7 Å². The van der Waals surface area contributed by atoms with Crippen molar-refractivity contribution in [1.29, 1.82) is 0 Å². The van der Waals surface area contributed by atoms with E-state index in [0.717, 1.165) is 5.75 Å². The molecule has 1 N–H and O–H groups in total. The van der Waals surface area contributed by atoms with E-state index in [0.29, 0.717) is 23.8 Å². The number of rotatable bonds is 4. The summed E-state index contributed by atoms with van der Waals surface area (Å²) in [6.07, 6.45) is 3.05. The summed E-state index contributed by atoms with van der Waals surface area (Å²) in [5.41, 5.74) is 0.616. The van der Waals surface area contributed by atoms with Crippen LogP contribution in [0.3, 0.4) is 0 Å². The van der Waals surface area contributed by atoms with Crippen LogP contribution in [0.25, 0.3) is 0 Å². The molecule has 6 nitrogen and oxygen atoms in total. The molecule has 0 bridgehead atoms. The van der Waals surface area contributed by atoms with Crippen LogP contribution in [-0.2, 0) is 16.4 Å². The van der Waals surface area contributed by atoms with Crippen molar-refractivity contribution in [3.63, 3.8) is 0 Å². The van der Waals surface area contributed by atoms with Crippen molar-refractivity contribution < 1.29 is 13.5 Å². The Morgan fingerprint density at radius 3 is 2.74 bits per heavy atom. The maximum atomic E-state index is 12.1. The van der Waals surface area contributed by atoms with Crippen LogP contribution in [-0.4, -0.2) is 52.7 Å². The summed E-state index contributed by atoms with van der Waals surface area (Å²) in [5.74, 6) is 1.94. The molecule has 1 fully saturated rings. The number of nitrogens with zero attached hydrogens (tertiary/aromatic N) is 3. The van der Waals surface area contributed by atoms with Gasteiger partial charge in [-0.1, -0.05) is 6.92 Å². The smallest absolute Gasteiger partial charge is 0.226 e. The Morgan fingerprint density at radius 2 is 2.16 bits per heavy atom. The maximum absolute atomic E-state index is 12.1. The molecule has 2 rings (SSSR count). The second kappa shape index (κ2) is 6.06. The van der Waals surface area contributed by atoms with E-state index in [4.69, 9.17) is 5.11 Å². The minimum atomic E-state index is -3.16. The SMILES string of the molecule is CCS(=O)(=O)C1CSCCN1c1ncc(CO)cn1. The molecule has 0 aromatic carbocycles. The Morgan fingerprint density at radius 1 is 1.47 bits per heavy atom. The van der Waals surface area contributed by atoms with Crippen molar-refractivity contribution >= 4 is 27.5 Å². The summed E-state index contributed by atoms with van der Waals surface area (Å²) in [6.45, 7) is 2.16. The number of aliphatic hydroxyl groups excluding tert-OH is 1. The third-order valence-corrected chi connectivity index (χ3v) is 6.32. The molecule has 106 valence electrons. The minimum absolute atomic E-state index is 0.115. The topological polar surface area (TPSA) is 83.4 Å².